The third-order valence-electron chi connectivity index (χ3n) is 2.80. The molecule has 0 saturated carbocycles. The fourth-order valence-corrected chi connectivity index (χ4v) is 1.93. The van der Waals surface area contributed by atoms with Crippen molar-refractivity contribution in [3.63, 3.8) is 0 Å². The number of anilines is 2. The second-order valence-electron chi connectivity index (χ2n) is 5.14. The molecule has 1 amide bonds. The zero-order chi connectivity index (χ0) is 15.2. The molecule has 7 nitrogen and oxygen atoms in total. The van der Waals surface area contributed by atoms with Gasteiger partial charge in [-0.05, 0) is 20.3 Å². The number of amides is 1. The van der Waals surface area contributed by atoms with E-state index in [-0.39, 0.29) is 18.5 Å². The van der Waals surface area contributed by atoms with E-state index in [4.69, 9.17) is 0 Å². The lowest BCUT2D eigenvalue weighted by Gasteiger charge is -2.12. The molecular weight excluding hydrogens is 268 g/mol. The van der Waals surface area contributed by atoms with E-state index in [9.17, 15) is 4.79 Å². The third kappa shape index (κ3) is 4.08. The molecule has 0 unspecified atom stereocenters. The number of carbonyl (C=O) groups excluding carboxylic acids is 1. The second-order valence-corrected chi connectivity index (χ2v) is 5.14. The van der Waals surface area contributed by atoms with E-state index in [1.165, 1.54) is 0 Å². The maximum absolute atomic E-state index is 11.7. The molecule has 0 saturated heterocycles. The Hall–Kier alpha value is -2.31. The van der Waals surface area contributed by atoms with E-state index in [2.05, 4.69) is 32.8 Å². The van der Waals surface area contributed by atoms with Crippen LogP contribution in [-0.2, 0) is 4.79 Å². The Morgan fingerprint density at radius 1 is 1.38 bits per heavy atom. The number of hydrogen-bond acceptors (Lipinski definition) is 5. The van der Waals surface area contributed by atoms with E-state index < -0.39 is 0 Å². The molecule has 2 aromatic heterocycles. The summed E-state index contributed by atoms with van der Waals surface area (Å²) in [5.74, 6) is 1.29. The molecule has 0 bridgehead atoms. The van der Waals surface area contributed by atoms with E-state index in [1.54, 1.807) is 6.20 Å². The van der Waals surface area contributed by atoms with Crippen LogP contribution in [0.1, 0.15) is 27.2 Å². The monoisotopic (exact) mass is 290 g/mol. The molecular formula is C14H22N6O. The zero-order valence-electron chi connectivity index (χ0n) is 12.7. The Morgan fingerprint density at radius 2 is 2.19 bits per heavy atom. The first-order chi connectivity index (χ1) is 10.1. The Morgan fingerprint density at radius 3 is 2.90 bits per heavy atom. The minimum absolute atomic E-state index is 0.0663. The van der Waals surface area contributed by atoms with E-state index in [0.717, 1.165) is 18.8 Å². The van der Waals surface area contributed by atoms with Gasteiger partial charge in [0.1, 0.15) is 5.82 Å². The van der Waals surface area contributed by atoms with Crippen LogP contribution in [-0.4, -0.2) is 39.4 Å². The molecule has 2 rings (SSSR count). The normalized spacial score (nSPS) is 10.9. The predicted molar refractivity (Wildman–Crippen MR) is 83.5 cm³/mol. The van der Waals surface area contributed by atoms with Gasteiger partial charge in [0.05, 0.1) is 12.7 Å². The highest BCUT2D eigenvalue weighted by Gasteiger charge is 2.09. The van der Waals surface area contributed by atoms with Gasteiger partial charge in [-0.25, -0.2) is 9.97 Å². The van der Waals surface area contributed by atoms with Crippen LogP contribution >= 0.6 is 0 Å². The summed E-state index contributed by atoms with van der Waals surface area (Å²) < 4.78 is 1.88. The van der Waals surface area contributed by atoms with Gasteiger partial charge < -0.3 is 20.4 Å². The van der Waals surface area contributed by atoms with E-state index in [1.807, 2.05) is 30.6 Å². The number of rotatable bonds is 7. The van der Waals surface area contributed by atoms with Crippen molar-refractivity contribution >= 4 is 23.2 Å². The molecule has 2 aromatic rings. The second kappa shape index (κ2) is 6.92. The molecule has 7 heteroatoms. The fraction of sp³-hybridized carbons (Fsp3) is 0.500. The number of nitrogens with one attached hydrogen (secondary N) is 3. The van der Waals surface area contributed by atoms with Crippen LogP contribution in [0, 0.1) is 0 Å². The van der Waals surface area contributed by atoms with Crippen LogP contribution < -0.4 is 16.0 Å². The highest BCUT2D eigenvalue weighted by atomic mass is 16.1. The average molecular weight is 290 g/mol. The van der Waals surface area contributed by atoms with Gasteiger partial charge in [0, 0.05) is 25.0 Å². The molecule has 0 fully saturated rings. The van der Waals surface area contributed by atoms with Crippen molar-refractivity contribution in [2.45, 2.75) is 33.2 Å². The fourth-order valence-electron chi connectivity index (χ4n) is 1.93. The van der Waals surface area contributed by atoms with Gasteiger partial charge in [-0.1, -0.05) is 6.92 Å². The SMILES string of the molecule is CCCNc1cn2ccnc2c(NCC(=O)NC(C)C)n1. The summed E-state index contributed by atoms with van der Waals surface area (Å²) in [6.07, 6.45) is 6.47. The summed E-state index contributed by atoms with van der Waals surface area (Å²) in [5.41, 5.74) is 0.703. The van der Waals surface area contributed by atoms with Gasteiger partial charge in [0.15, 0.2) is 11.5 Å². The van der Waals surface area contributed by atoms with Crippen molar-refractivity contribution in [1.82, 2.24) is 19.7 Å². The molecule has 2 heterocycles. The zero-order valence-corrected chi connectivity index (χ0v) is 12.7. The van der Waals surface area contributed by atoms with Crippen molar-refractivity contribution in [2.75, 3.05) is 23.7 Å². The summed E-state index contributed by atoms with van der Waals surface area (Å²) in [7, 11) is 0. The average Bonchev–Trinajstić information content (AvgIpc) is 2.90. The quantitative estimate of drug-likeness (QED) is 0.719. The summed E-state index contributed by atoms with van der Waals surface area (Å²) in [6, 6.07) is 0.122. The topological polar surface area (TPSA) is 83.3 Å². The van der Waals surface area contributed by atoms with Crippen molar-refractivity contribution in [1.29, 1.82) is 0 Å². The van der Waals surface area contributed by atoms with Crippen molar-refractivity contribution < 1.29 is 4.79 Å². The molecule has 0 aromatic carbocycles. The summed E-state index contributed by atoms with van der Waals surface area (Å²) in [4.78, 5) is 20.4. The number of nitrogens with zero attached hydrogens (tertiary/aromatic N) is 3. The van der Waals surface area contributed by atoms with Gasteiger partial charge in [-0.3, -0.25) is 4.79 Å². The molecule has 0 aliphatic carbocycles. The van der Waals surface area contributed by atoms with E-state index in [0.29, 0.717) is 11.5 Å². The predicted octanol–water partition coefficient (Wildman–Crippen LogP) is 1.49. The van der Waals surface area contributed by atoms with Crippen molar-refractivity contribution in [2.24, 2.45) is 0 Å². The van der Waals surface area contributed by atoms with Gasteiger partial charge >= 0.3 is 0 Å². The lowest BCUT2D eigenvalue weighted by Crippen LogP contribution is -2.35. The van der Waals surface area contributed by atoms with Crippen molar-refractivity contribution in [3.8, 4) is 0 Å². The standard InChI is InChI=1S/C14H22N6O/c1-4-5-15-11-9-20-7-6-16-14(20)13(19-11)17-8-12(21)18-10(2)3/h6-7,9-10,15H,4-5,8H2,1-3H3,(H,17,19)(H,18,21). The van der Waals surface area contributed by atoms with Gasteiger partial charge in [-0.15, -0.1) is 0 Å². The van der Waals surface area contributed by atoms with Crippen LogP contribution in [0.15, 0.2) is 18.6 Å². The van der Waals surface area contributed by atoms with Gasteiger partial charge in [-0.2, -0.15) is 0 Å². The lowest BCUT2D eigenvalue weighted by molar-refractivity contribution is -0.119. The number of imidazole rings is 1. The molecule has 21 heavy (non-hydrogen) atoms. The molecule has 0 atom stereocenters. The maximum Gasteiger partial charge on any atom is 0.239 e. The van der Waals surface area contributed by atoms with Gasteiger partial charge in [0.25, 0.3) is 0 Å². The minimum atomic E-state index is -0.0663. The van der Waals surface area contributed by atoms with Crippen LogP contribution in [0.5, 0.6) is 0 Å². The molecule has 0 aliphatic heterocycles. The maximum atomic E-state index is 11.7. The Bertz CT molecular complexity index is 607. The number of carbonyl (C=O) groups is 1. The van der Waals surface area contributed by atoms with Crippen LogP contribution in [0.4, 0.5) is 11.6 Å². The first-order valence-corrected chi connectivity index (χ1v) is 7.21. The van der Waals surface area contributed by atoms with Crippen LogP contribution in [0.2, 0.25) is 0 Å². The first-order valence-electron chi connectivity index (χ1n) is 7.21. The number of hydrogen-bond donors (Lipinski definition) is 3. The molecule has 0 spiro atoms. The minimum Gasteiger partial charge on any atom is -0.369 e. The first kappa shape index (κ1) is 15.1. The molecule has 0 aliphatic rings. The largest absolute Gasteiger partial charge is 0.369 e. The third-order valence-corrected chi connectivity index (χ3v) is 2.80. The Balaban J connectivity index is 2.13. The Labute approximate surface area is 124 Å². The van der Waals surface area contributed by atoms with Crippen LogP contribution in [0.3, 0.4) is 0 Å². The van der Waals surface area contributed by atoms with E-state index >= 15 is 0 Å². The number of fused-ring (bicyclic) bond motifs is 1. The van der Waals surface area contributed by atoms with Crippen molar-refractivity contribution in [3.05, 3.63) is 18.6 Å². The molecule has 0 radical (unpaired) electrons. The highest BCUT2D eigenvalue weighted by molar-refractivity contribution is 5.82. The summed E-state index contributed by atoms with van der Waals surface area (Å²) >= 11 is 0. The van der Waals surface area contributed by atoms with Crippen LogP contribution in [0.25, 0.3) is 5.65 Å². The highest BCUT2D eigenvalue weighted by Crippen LogP contribution is 2.16. The van der Waals surface area contributed by atoms with Gasteiger partial charge in [0.2, 0.25) is 5.91 Å². The lowest BCUT2D eigenvalue weighted by atomic mass is 10.4. The smallest absolute Gasteiger partial charge is 0.239 e. The number of aromatic nitrogens is 3. The summed E-state index contributed by atoms with van der Waals surface area (Å²) in [6.45, 7) is 6.97. The summed E-state index contributed by atoms with van der Waals surface area (Å²) in [5, 5.41) is 9.12. The molecule has 3 N–H and O–H groups in total. The Kier molecular flexibility index (Phi) is 4.97. The molecule has 114 valence electrons.